The molecule has 2 N–H and O–H groups in total. The van der Waals surface area contributed by atoms with Crippen molar-refractivity contribution in [1.82, 2.24) is 20.2 Å². The van der Waals surface area contributed by atoms with Crippen LogP contribution in [0.2, 0.25) is 5.02 Å². The van der Waals surface area contributed by atoms with Gasteiger partial charge >= 0.3 is 0 Å². The Labute approximate surface area is 217 Å². The number of hydrogen-bond donors (Lipinski definition) is 1. The largest absolute Gasteiger partial charge is 0.480 e. The highest BCUT2D eigenvalue weighted by Crippen LogP contribution is 2.37. The fourth-order valence-corrected chi connectivity index (χ4v) is 4.80. The van der Waals surface area contributed by atoms with E-state index in [1.807, 2.05) is 18.2 Å². The number of amides is 1. The van der Waals surface area contributed by atoms with Gasteiger partial charge in [-0.25, -0.2) is 14.4 Å². The van der Waals surface area contributed by atoms with Crippen LogP contribution in [0.1, 0.15) is 22.7 Å². The Hall–Kier alpha value is -3.89. The molecule has 9 nitrogen and oxygen atoms in total. The van der Waals surface area contributed by atoms with Gasteiger partial charge in [0.05, 0.1) is 37.2 Å². The monoisotopic (exact) mass is 522 g/mol. The van der Waals surface area contributed by atoms with Gasteiger partial charge in [-0.2, -0.15) is 5.10 Å². The van der Waals surface area contributed by atoms with Crippen molar-refractivity contribution in [2.24, 2.45) is 5.73 Å². The summed E-state index contributed by atoms with van der Waals surface area (Å²) in [5, 5.41) is 8.81. The third kappa shape index (κ3) is 4.77. The van der Waals surface area contributed by atoms with E-state index < -0.39 is 17.6 Å². The van der Waals surface area contributed by atoms with Crippen LogP contribution < -0.4 is 15.4 Å². The minimum atomic E-state index is -1.06. The van der Waals surface area contributed by atoms with Crippen LogP contribution >= 0.6 is 11.6 Å². The Balaban J connectivity index is 1.62. The topological polar surface area (TPSA) is 116 Å². The number of nitrogens with two attached hydrogens (primary N) is 1. The van der Waals surface area contributed by atoms with Gasteiger partial charge in [-0.15, -0.1) is 5.10 Å². The molecule has 37 heavy (non-hydrogen) atoms. The lowest BCUT2D eigenvalue weighted by Gasteiger charge is -2.29. The van der Waals surface area contributed by atoms with Crippen LogP contribution in [0.15, 0.2) is 42.7 Å². The van der Waals surface area contributed by atoms with E-state index in [2.05, 4.69) is 25.1 Å². The van der Waals surface area contributed by atoms with E-state index in [9.17, 15) is 4.79 Å². The number of aromatic nitrogens is 4. The van der Waals surface area contributed by atoms with Gasteiger partial charge in [0.15, 0.2) is 0 Å². The summed E-state index contributed by atoms with van der Waals surface area (Å²) in [4.78, 5) is 23.6. The number of hydrogen-bond acceptors (Lipinski definition) is 8. The molecule has 0 spiro atoms. The summed E-state index contributed by atoms with van der Waals surface area (Å²) in [5.41, 5.74) is 9.20. The number of ether oxygens (including phenoxy) is 2. The lowest BCUT2D eigenvalue weighted by Crippen LogP contribution is -2.36. The van der Waals surface area contributed by atoms with Crippen LogP contribution in [-0.4, -0.2) is 59.5 Å². The summed E-state index contributed by atoms with van der Waals surface area (Å²) in [6.45, 7) is 4.63. The second kappa shape index (κ2) is 10.2. The number of nitrogens with zero attached hydrogens (tertiary/aromatic N) is 5. The van der Waals surface area contributed by atoms with Crippen molar-refractivity contribution in [2.75, 3.05) is 38.3 Å². The number of primary amides is 1. The van der Waals surface area contributed by atoms with Gasteiger partial charge in [-0.05, 0) is 48.4 Å². The molecule has 3 heterocycles. The molecule has 0 saturated carbocycles. The maximum absolute atomic E-state index is 15.3. The Morgan fingerprint density at radius 1 is 1.16 bits per heavy atom. The number of fused-ring (bicyclic) bond motifs is 1. The molecule has 5 rings (SSSR count). The molecular formula is C26H24ClFN6O3. The number of anilines is 1. The smallest absolute Gasteiger partial charge is 0.233 e. The molecule has 1 unspecified atom stereocenters. The summed E-state index contributed by atoms with van der Waals surface area (Å²) in [6, 6.07) is 10.1. The van der Waals surface area contributed by atoms with Crippen molar-refractivity contribution in [3.63, 3.8) is 0 Å². The van der Waals surface area contributed by atoms with Gasteiger partial charge in [0, 0.05) is 40.8 Å². The van der Waals surface area contributed by atoms with E-state index in [1.165, 1.54) is 19.5 Å². The average molecular weight is 523 g/mol. The minimum Gasteiger partial charge on any atom is -0.480 e. The fourth-order valence-electron chi connectivity index (χ4n) is 4.54. The minimum absolute atomic E-state index is 0.0371. The summed E-state index contributed by atoms with van der Waals surface area (Å²) in [7, 11) is 1.47. The van der Waals surface area contributed by atoms with E-state index in [4.69, 9.17) is 26.8 Å². The lowest BCUT2D eigenvalue weighted by atomic mass is 9.90. The molecule has 0 radical (unpaired) electrons. The quantitative estimate of drug-likeness (QED) is 0.408. The number of halogens is 2. The maximum Gasteiger partial charge on any atom is 0.233 e. The van der Waals surface area contributed by atoms with Crippen molar-refractivity contribution in [1.29, 1.82) is 0 Å². The fraction of sp³-hybridized carbons (Fsp3) is 0.269. The normalized spacial score (nSPS) is 14.5. The van der Waals surface area contributed by atoms with Crippen molar-refractivity contribution in [3.05, 3.63) is 70.4 Å². The number of methoxy groups -OCH3 is 1. The molecule has 0 bridgehead atoms. The maximum atomic E-state index is 15.3. The van der Waals surface area contributed by atoms with E-state index in [1.54, 1.807) is 13.0 Å². The zero-order valence-electron chi connectivity index (χ0n) is 20.2. The third-order valence-corrected chi connectivity index (χ3v) is 6.74. The van der Waals surface area contributed by atoms with Crippen LogP contribution in [0.4, 0.5) is 10.1 Å². The Kier molecular flexibility index (Phi) is 6.86. The summed E-state index contributed by atoms with van der Waals surface area (Å²) < 4.78 is 25.9. The number of aryl methyl sites for hydroxylation is 1. The highest BCUT2D eigenvalue weighted by Gasteiger charge is 2.29. The lowest BCUT2D eigenvalue weighted by molar-refractivity contribution is -0.118. The molecule has 0 aliphatic carbocycles. The zero-order chi connectivity index (χ0) is 26.1. The molecule has 1 aliphatic heterocycles. The first-order chi connectivity index (χ1) is 17.9. The second-order valence-electron chi connectivity index (χ2n) is 8.67. The van der Waals surface area contributed by atoms with Crippen molar-refractivity contribution >= 4 is 34.1 Å². The van der Waals surface area contributed by atoms with E-state index >= 15 is 4.39 Å². The Bertz CT molecular complexity index is 1500. The molecule has 1 saturated heterocycles. The van der Waals surface area contributed by atoms with Crippen molar-refractivity contribution < 1.29 is 18.7 Å². The predicted octanol–water partition coefficient (Wildman–Crippen LogP) is 3.65. The highest BCUT2D eigenvalue weighted by atomic mass is 35.5. The highest BCUT2D eigenvalue weighted by molar-refractivity contribution is 6.32. The van der Waals surface area contributed by atoms with Crippen LogP contribution in [0.25, 0.3) is 22.2 Å². The van der Waals surface area contributed by atoms with Gasteiger partial charge in [0.25, 0.3) is 0 Å². The van der Waals surface area contributed by atoms with Crippen LogP contribution in [0, 0.1) is 12.7 Å². The first-order valence-electron chi connectivity index (χ1n) is 11.6. The van der Waals surface area contributed by atoms with Crippen LogP contribution in [0.5, 0.6) is 5.88 Å². The van der Waals surface area contributed by atoms with Gasteiger partial charge in [-0.1, -0.05) is 11.6 Å². The van der Waals surface area contributed by atoms with Crippen molar-refractivity contribution in [3.8, 4) is 17.1 Å². The molecule has 2 aromatic carbocycles. The SMILES string of the molecule is COc1cc(C)c(C(C(N)=O)c2cc(-c3ncnc4cc(N5CCOCC5)ccc34)c(F)cc2Cl)nn1. The Morgan fingerprint density at radius 3 is 2.65 bits per heavy atom. The first-order valence-corrected chi connectivity index (χ1v) is 12.0. The van der Waals surface area contributed by atoms with E-state index in [0.29, 0.717) is 52.5 Å². The summed E-state index contributed by atoms with van der Waals surface area (Å²) in [5.74, 6) is -2.07. The van der Waals surface area contributed by atoms with E-state index in [-0.39, 0.29) is 10.6 Å². The molecule has 2 aromatic heterocycles. The van der Waals surface area contributed by atoms with Gasteiger partial charge in [-0.3, -0.25) is 4.79 Å². The second-order valence-corrected chi connectivity index (χ2v) is 9.07. The summed E-state index contributed by atoms with van der Waals surface area (Å²) >= 11 is 6.44. The molecule has 1 fully saturated rings. The molecular weight excluding hydrogens is 499 g/mol. The standard InChI is InChI=1S/C26H24ClFN6O3/c1-14-9-22(36-2)32-33-24(14)23(26(29)35)17-11-18(20(28)12-19(17)27)25-16-4-3-15(10-21(16)30-13-31-25)34-5-7-37-8-6-34/h3-4,9-13,23H,5-8H2,1-2H3,(H2,29,35). The number of carbonyl (C=O) groups excluding carboxylic acids is 1. The molecule has 190 valence electrons. The Morgan fingerprint density at radius 2 is 1.95 bits per heavy atom. The van der Waals surface area contributed by atoms with Crippen LogP contribution in [-0.2, 0) is 9.53 Å². The molecule has 1 amide bonds. The molecule has 1 atom stereocenters. The number of carbonyl (C=O) groups is 1. The number of benzene rings is 2. The third-order valence-electron chi connectivity index (χ3n) is 6.42. The van der Waals surface area contributed by atoms with Gasteiger partial charge < -0.3 is 20.1 Å². The van der Waals surface area contributed by atoms with Gasteiger partial charge in [0.1, 0.15) is 18.1 Å². The van der Waals surface area contributed by atoms with Gasteiger partial charge in [0.2, 0.25) is 11.8 Å². The first kappa shape index (κ1) is 24.8. The predicted molar refractivity (Wildman–Crippen MR) is 137 cm³/mol. The molecule has 1 aliphatic rings. The van der Waals surface area contributed by atoms with E-state index in [0.717, 1.165) is 24.8 Å². The number of rotatable bonds is 6. The number of morpholine rings is 1. The molecule has 4 aromatic rings. The van der Waals surface area contributed by atoms with Crippen LogP contribution in [0.3, 0.4) is 0 Å². The zero-order valence-corrected chi connectivity index (χ0v) is 21.0. The van der Waals surface area contributed by atoms with Crippen molar-refractivity contribution in [2.45, 2.75) is 12.8 Å². The molecule has 11 heteroatoms. The summed E-state index contributed by atoms with van der Waals surface area (Å²) in [6.07, 6.45) is 1.39. The average Bonchev–Trinajstić information content (AvgIpc) is 2.90.